The van der Waals surface area contributed by atoms with Crippen molar-refractivity contribution in [3.63, 3.8) is 0 Å². The maximum Gasteiger partial charge on any atom is 0.231 e. The van der Waals surface area contributed by atoms with Gasteiger partial charge >= 0.3 is 0 Å². The van der Waals surface area contributed by atoms with Gasteiger partial charge in [-0.25, -0.2) is 0 Å². The molecule has 0 bridgehead atoms. The molecular formula is C16H25N3O2. The van der Waals surface area contributed by atoms with Crippen LogP contribution in [0.5, 0.6) is 11.5 Å². The zero-order valence-corrected chi connectivity index (χ0v) is 13.1. The second-order valence-corrected chi connectivity index (χ2v) is 6.18. The van der Waals surface area contributed by atoms with Crippen molar-refractivity contribution in [3.8, 4) is 11.5 Å². The Labute approximate surface area is 126 Å². The Morgan fingerprint density at radius 2 is 1.86 bits per heavy atom. The molecule has 2 N–H and O–H groups in total. The molecule has 5 nitrogen and oxygen atoms in total. The zero-order chi connectivity index (χ0) is 15.0. The molecule has 0 spiro atoms. The van der Waals surface area contributed by atoms with Crippen molar-refractivity contribution in [2.45, 2.75) is 32.0 Å². The van der Waals surface area contributed by atoms with Crippen LogP contribution in [0.3, 0.4) is 0 Å². The van der Waals surface area contributed by atoms with Crippen molar-refractivity contribution < 1.29 is 9.47 Å². The largest absolute Gasteiger partial charge is 0.454 e. The van der Waals surface area contributed by atoms with E-state index in [1.807, 2.05) is 6.07 Å². The van der Waals surface area contributed by atoms with Crippen LogP contribution >= 0.6 is 0 Å². The summed E-state index contributed by atoms with van der Waals surface area (Å²) < 4.78 is 10.9. The second kappa shape index (κ2) is 5.83. The van der Waals surface area contributed by atoms with Gasteiger partial charge in [0.05, 0.1) is 0 Å². The van der Waals surface area contributed by atoms with Gasteiger partial charge in [0.15, 0.2) is 11.5 Å². The minimum absolute atomic E-state index is 0.234. The Balaban J connectivity index is 1.81. The topological polar surface area (TPSA) is 51.0 Å². The number of piperazine rings is 1. The van der Waals surface area contributed by atoms with Gasteiger partial charge in [-0.05, 0) is 38.6 Å². The Kier molecular flexibility index (Phi) is 4.06. The van der Waals surface area contributed by atoms with E-state index < -0.39 is 0 Å². The average Bonchev–Trinajstić information content (AvgIpc) is 2.93. The highest BCUT2D eigenvalue weighted by Crippen LogP contribution is 2.35. The highest BCUT2D eigenvalue weighted by atomic mass is 16.7. The predicted molar refractivity (Wildman–Crippen MR) is 82.6 cm³/mol. The Hall–Kier alpha value is -1.30. The van der Waals surface area contributed by atoms with Crippen LogP contribution in [0.4, 0.5) is 0 Å². The molecule has 0 radical (unpaired) electrons. The highest BCUT2D eigenvalue weighted by Gasteiger charge is 2.31. The lowest BCUT2D eigenvalue weighted by Gasteiger charge is -2.45. The molecule has 0 aliphatic carbocycles. The van der Waals surface area contributed by atoms with Gasteiger partial charge in [0, 0.05) is 37.8 Å². The number of rotatable bonds is 3. The molecule has 2 aliphatic heterocycles. The number of nitrogens with two attached hydrogens (primary N) is 1. The van der Waals surface area contributed by atoms with E-state index in [-0.39, 0.29) is 6.04 Å². The summed E-state index contributed by atoms with van der Waals surface area (Å²) in [5, 5.41) is 0. The summed E-state index contributed by atoms with van der Waals surface area (Å²) in [6.45, 7) is 7.55. The Bertz CT molecular complexity index is 496. The first-order valence-corrected chi connectivity index (χ1v) is 7.65. The molecule has 116 valence electrons. The normalized spacial score (nSPS) is 27.8. The Morgan fingerprint density at radius 3 is 2.52 bits per heavy atom. The van der Waals surface area contributed by atoms with Crippen LogP contribution in [0.25, 0.3) is 0 Å². The van der Waals surface area contributed by atoms with Gasteiger partial charge in [0.25, 0.3) is 0 Å². The third-order valence-corrected chi connectivity index (χ3v) is 4.83. The Morgan fingerprint density at radius 1 is 1.19 bits per heavy atom. The minimum Gasteiger partial charge on any atom is -0.454 e. The van der Waals surface area contributed by atoms with E-state index in [1.54, 1.807) is 0 Å². The first-order chi connectivity index (χ1) is 10.1. The number of nitrogens with zero attached hydrogens (tertiary/aromatic N) is 2. The third kappa shape index (κ3) is 2.73. The molecule has 21 heavy (non-hydrogen) atoms. The van der Waals surface area contributed by atoms with Gasteiger partial charge in [-0.2, -0.15) is 0 Å². The summed E-state index contributed by atoms with van der Waals surface area (Å²) in [6.07, 6.45) is 0. The number of hydrogen-bond acceptors (Lipinski definition) is 5. The van der Waals surface area contributed by atoms with Crippen molar-refractivity contribution in [3.05, 3.63) is 23.8 Å². The van der Waals surface area contributed by atoms with Gasteiger partial charge in [-0.3, -0.25) is 9.80 Å². The molecule has 1 fully saturated rings. The van der Waals surface area contributed by atoms with Crippen LogP contribution in [0.2, 0.25) is 0 Å². The molecule has 1 aromatic rings. The van der Waals surface area contributed by atoms with Crippen molar-refractivity contribution in [1.82, 2.24) is 9.80 Å². The molecular weight excluding hydrogens is 266 g/mol. The lowest BCUT2D eigenvalue weighted by atomic mass is 10.0. The molecule has 3 atom stereocenters. The van der Waals surface area contributed by atoms with E-state index in [0.717, 1.165) is 24.6 Å². The number of ether oxygens (including phenoxy) is 2. The van der Waals surface area contributed by atoms with Crippen LogP contribution in [0.1, 0.15) is 25.5 Å². The fraction of sp³-hybridized carbons (Fsp3) is 0.625. The van der Waals surface area contributed by atoms with Gasteiger partial charge in [-0.15, -0.1) is 0 Å². The molecule has 0 aromatic heterocycles. The highest BCUT2D eigenvalue weighted by molar-refractivity contribution is 5.45. The van der Waals surface area contributed by atoms with E-state index >= 15 is 0 Å². The SMILES string of the molecule is CC1CN(C(CN)c2ccc3c(c2)OCO3)CC(C)N1C. The number of fused-ring (bicyclic) bond motifs is 1. The zero-order valence-electron chi connectivity index (χ0n) is 13.1. The molecule has 1 aromatic carbocycles. The molecule has 2 aliphatic rings. The second-order valence-electron chi connectivity index (χ2n) is 6.18. The summed E-state index contributed by atoms with van der Waals surface area (Å²) in [6, 6.07) is 7.49. The van der Waals surface area contributed by atoms with E-state index in [0.29, 0.717) is 25.4 Å². The smallest absolute Gasteiger partial charge is 0.231 e. The minimum atomic E-state index is 0.234. The van der Waals surface area contributed by atoms with Gasteiger partial charge < -0.3 is 15.2 Å². The molecule has 2 heterocycles. The first kappa shape index (κ1) is 14.6. The van der Waals surface area contributed by atoms with Crippen LogP contribution in [0.15, 0.2) is 18.2 Å². The summed E-state index contributed by atoms with van der Waals surface area (Å²) >= 11 is 0. The monoisotopic (exact) mass is 291 g/mol. The summed E-state index contributed by atoms with van der Waals surface area (Å²) in [5.41, 5.74) is 7.29. The molecule has 1 saturated heterocycles. The van der Waals surface area contributed by atoms with E-state index in [4.69, 9.17) is 15.2 Å². The van der Waals surface area contributed by atoms with E-state index in [9.17, 15) is 0 Å². The van der Waals surface area contributed by atoms with Crippen LogP contribution in [-0.4, -0.2) is 55.4 Å². The average molecular weight is 291 g/mol. The van der Waals surface area contributed by atoms with Gasteiger partial charge in [0.1, 0.15) is 0 Å². The number of hydrogen-bond donors (Lipinski definition) is 1. The van der Waals surface area contributed by atoms with Gasteiger partial charge in [-0.1, -0.05) is 6.07 Å². The quantitative estimate of drug-likeness (QED) is 0.913. The number of benzene rings is 1. The third-order valence-electron chi connectivity index (χ3n) is 4.83. The van der Waals surface area contributed by atoms with Crippen molar-refractivity contribution >= 4 is 0 Å². The number of likely N-dealkylation sites (N-methyl/N-ethyl adjacent to an activating group) is 1. The summed E-state index contributed by atoms with van der Waals surface area (Å²) in [5.74, 6) is 1.66. The van der Waals surface area contributed by atoms with Crippen LogP contribution in [-0.2, 0) is 0 Å². The fourth-order valence-corrected chi connectivity index (χ4v) is 3.32. The van der Waals surface area contributed by atoms with Gasteiger partial charge in [0.2, 0.25) is 6.79 Å². The lowest BCUT2D eigenvalue weighted by molar-refractivity contribution is 0.0351. The van der Waals surface area contributed by atoms with Crippen LogP contribution < -0.4 is 15.2 Å². The maximum atomic E-state index is 6.08. The van der Waals surface area contributed by atoms with E-state index in [1.165, 1.54) is 5.56 Å². The lowest BCUT2D eigenvalue weighted by Crippen LogP contribution is -2.56. The predicted octanol–water partition coefficient (Wildman–Crippen LogP) is 1.44. The maximum absolute atomic E-state index is 6.08. The molecule has 0 saturated carbocycles. The standard InChI is InChI=1S/C16H25N3O2/c1-11-8-19(9-12(2)18(11)3)14(7-17)13-4-5-15-16(6-13)21-10-20-15/h4-6,11-12,14H,7-10,17H2,1-3H3. The van der Waals surface area contributed by atoms with Crippen molar-refractivity contribution in [2.24, 2.45) is 5.73 Å². The summed E-state index contributed by atoms with van der Waals surface area (Å²) in [7, 11) is 2.20. The fourth-order valence-electron chi connectivity index (χ4n) is 3.32. The first-order valence-electron chi connectivity index (χ1n) is 7.65. The molecule has 3 rings (SSSR count). The van der Waals surface area contributed by atoms with Crippen molar-refractivity contribution in [2.75, 3.05) is 33.5 Å². The molecule has 3 unspecified atom stereocenters. The van der Waals surface area contributed by atoms with Crippen molar-refractivity contribution in [1.29, 1.82) is 0 Å². The summed E-state index contributed by atoms with van der Waals surface area (Å²) in [4.78, 5) is 4.93. The molecule has 0 amide bonds. The van der Waals surface area contributed by atoms with E-state index in [2.05, 4.69) is 42.8 Å². The van der Waals surface area contributed by atoms with Crippen LogP contribution in [0, 0.1) is 0 Å². The molecule has 5 heteroatoms.